The van der Waals surface area contributed by atoms with Gasteiger partial charge in [0.05, 0.1) is 18.4 Å². The lowest BCUT2D eigenvalue weighted by Gasteiger charge is -2.25. The van der Waals surface area contributed by atoms with E-state index < -0.39 is 34.5 Å². The molecule has 13 heteroatoms. The zero-order valence-electron chi connectivity index (χ0n) is 24.3. The van der Waals surface area contributed by atoms with Gasteiger partial charge < -0.3 is 25.3 Å². The fourth-order valence-electron chi connectivity index (χ4n) is 4.70. The number of Topliss-reactive ketones (excluding diaryl/α,β-unsaturated/α-hetero) is 1. The Bertz CT molecular complexity index is 1530. The lowest BCUT2D eigenvalue weighted by Crippen LogP contribution is -2.34. The van der Waals surface area contributed by atoms with Crippen molar-refractivity contribution in [2.24, 2.45) is 0 Å². The molecule has 2 aromatic carbocycles. The lowest BCUT2D eigenvalue weighted by atomic mass is 9.83. The van der Waals surface area contributed by atoms with Crippen molar-refractivity contribution < 1.29 is 33.0 Å². The Hall–Kier alpha value is -3.97. The van der Waals surface area contributed by atoms with Crippen molar-refractivity contribution in [3.8, 4) is 5.75 Å². The molecule has 2 aromatic rings. The number of sulfonamides is 1. The average Bonchev–Trinajstić information content (AvgIpc) is 3.15. The maximum atomic E-state index is 13.6. The lowest BCUT2D eigenvalue weighted by molar-refractivity contribution is -0.137. The van der Waals surface area contributed by atoms with Gasteiger partial charge in [-0.3, -0.25) is 19.8 Å². The maximum absolute atomic E-state index is 13.6. The molecule has 0 aromatic heterocycles. The summed E-state index contributed by atoms with van der Waals surface area (Å²) in [4.78, 5) is 40.8. The predicted molar refractivity (Wildman–Crippen MR) is 155 cm³/mol. The fourth-order valence-corrected chi connectivity index (χ4v) is 5.42. The molecule has 1 aliphatic heterocycles. The minimum absolute atomic E-state index is 0.0866. The number of amidine groups is 1. The Labute approximate surface area is 240 Å². The number of phenols is 1. The average molecular weight is 588 g/mol. The van der Waals surface area contributed by atoms with Crippen LogP contribution in [0.25, 0.3) is 0 Å². The van der Waals surface area contributed by atoms with Crippen LogP contribution in [-0.2, 0) is 33.3 Å². The Morgan fingerprint density at radius 2 is 1.76 bits per heavy atom. The molecule has 3 rings (SSSR count). The quantitative estimate of drug-likeness (QED) is 0.303. The minimum Gasteiger partial charge on any atom is -0.507 e. The van der Waals surface area contributed by atoms with Crippen molar-refractivity contribution >= 4 is 39.2 Å². The van der Waals surface area contributed by atoms with Crippen LogP contribution in [0.2, 0.25) is 0 Å². The summed E-state index contributed by atoms with van der Waals surface area (Å²) in [5.74, 6) is -2.16. The summed E-state index contributed by atoms with van der Waals surface area (Å²) in [5, 5.41) is 31.6. The van der Waals surface area contributed by atoms with Gasteiger partial charge in [-0.1, -0.05) is 20.8 Å². The highest BCUT2D eigenvalue weighted by atomic mass is 32.2. The van der Waals surface area contributed by atoms with Gasteiger partial charge in [0, 0.05) is 62.2 Å². The van der Waals surface area contributed by atoms with Gasteiger partial charge >= 0.3 is 5.97 Å². The molecule has 0 saturated heterocycles. The Morgan fingerprint density at radius 3 is 2.27 bits per heavy atom. The van der Waals surface area contributed by atoms with Crippen LogP contribution in [0, 0.1) is 5.41 Å². The molecule has 0 saturated carbocycles. The van der Waals surface area contributed by atoms with Crippen LogP contribution >= 0.6 is 0 Å². The van der Waals surface area contributed by atoms with Crippen molar-refractivity contribution in [1.82, 2.24) is 14.5 Å². The van der Waals surface area contributed by atoms with Crippen LogP contribution in [-0.4, -0.2) is 91.8 Å². The second-order valence-electron chi connectivity index (χ2n) is 11.3. The van der Waals surface area contributed by atoms with E-state index in [1.54, 1.807) is 21.9 Å². The second-order valence-corrected chi connectivity index (χ2v) is 13.3. The van der Waals surface area contributed by atoms with Gasteiger partial charge in [0.2, 0.25) is 10.0 Å². The number of carbonyl (C=O) groups excluding carboxylic acids is 2. The van der Waals surface area contributed by atoms with Gasteiger partial charge in [-0.25, -0.2) is 8.42 Å². The molecule has 0 bridgehead atoms. The summed E-state index contributed by atoms with van der Waals surface area (Å²) in [5.41, 5.74) is 2.47. The number of carbonyl (C=O) groups is 3. The van der Waals surface area contributed by atoms with Gasteiger partial charge in [0.1, 0.15) is 18.1 Å². The molecule has 1 amide bonds. The van der Waals surface area contributed by atoms with Crippen molar-refractivity contribution in [3.63, 3.8) is 0 Å². The van der Waals surface area contributed by atoms with Gasteiger partial charge in [-0.2, -0.15) is 4.31 Å². The third-order valence-electron chi connectivity index (χ3n) is 6.89. The molecule has 0 atom stereocenters. The topological polar surface area (TPSA) is 171 Å². The highest BCUT2D eigenvalue weighted by molar-refractivity contribution is 7.88. The number of fused-ring (bicyclic) bond motifs is 1. The highest BCUT2D eigenvalue weighted by Crippen LogP contribution is 2.36. The number of nitrogens with one attached hydrogen (secondary N) is 2. The zero-order chi connectivity index (χ0) is 31.0. The van der Waals surface area contributed by atoms with Gasteiger partial charge in [0.15, 0.2) is 5.78 Å². The van der Waals surface area contributed by atoms with Crippen LogP contribution < -0.4 is 10.2 Å². The van der Waals surface area contributed by atoms with Gasteiger partial charge in [-0.15, -0.1) is 0 Å². The first-order valence-electron chi connectivity index (χ1n) is 12.8. The van der Waals surface area contributed by atoms with Crippen LogP contribution in [0.5, 0.6) is 5.75 Å². The number of nitrogens with zero attached hydrogens (tertiary/aromatic N) is 3. The van der Waals surface area contributed by atoms with Crippen molar-refractivity contribution in [1.29, 1.82) is 5.41 Å². The number of phenolic OH excluding ortho intramolecular Hbond substituents is 1. The number of carboxylic acids is 1. The fraction of sp³-hybridized carbons (Fsp3) is 0.429. The third kappa shape index (κ3) is 6.85. The summed E-state index contributed by atoms with van der Waals surface area (Å²) >= 11 is 0. The minimum atomic E-state index is -3.95. The van der Waals surface area contributed by atoms with Crippen molar-refractivity contribution in [2.75, 3.05) is 45.4 Å². The number of rotatable bonds is 10. The zero-order valence-corrected chi connectivity index (χ0v) is 25.1. The standard InChI is InChI=1S/C28H37N5O7S/c1-28(2,3)21-9-16(8-18(25(21)37)13-33(15-24(35)36)41(7,39)40)23(34)14-32-12-17-10-22(31(5)6)20(27(38)30-4)11-19(17)26(32)29/h8-11,29,37H,12-15H2,1-7H3,(H,30,38)(H,35,36). The molecular formula is C28H37N5O7S. The van der Waals surface area contributed by atoms with E-state index in [9.17, 15) is 33.0 Å². The number of hydrogen-bond donors (Lipinski definition) is 4. The van der Waals surface area contributed by atoms with Crippen LogP contribution in [0.3, 0.4) is 0 Å². The van der Waals surface area contributed by atoms with E-state index in [0.29, 0.717) is 26.7 Å². The third-order valence-corrected chi connectivity index (χ3v) is 8.08. The summed E-state index contributed by atoms with van der Waals surface area (Å²) in [6, 6.07) is 6.39. The van der Waals surface area contributed by atoms with E-state index in [2.05, 4.69) is 5.32 Å². The number of hydrogen-bond acceptors (Lipinski definition) is 8. The molecule has 1 aliphatic rings. The van der Waals surface area contributed by atoms with E-state index in [1.807, 2.05) is 40.9 Å². The van der Waals surface area contributed by atoms with E-state index >= 15 is 0 Å². The van der Waals surface area contributed by atoms with E-state index in [4.69, 9.17) is 5.41 Å². The highest BCUT2D eigenvalue weighted by Gasteiger charge is 2.31. The van der Waals surface area contributed by atoms with Gasteiger partial charge in [-0.05, 0) is 35.2 Å². The Morgan fingerprint density at radius 1 is 1.12 bits per heavy atom. The molecule has 0 radical (unpaired) electrons. The first-order valence-corrected chi connectivity index (χ1v) is 14.7. The Balaban J connectivity index is 1.99. The summed E-state index contributed by atoms with van der Waals surface area (Å²) in [6.07, 6.45) is 0.876. The van der Waals surface area contributed by atoms with E-state index in [1.165, 1.54) is 13.1 Å². The SMILES string of the molecule is CNC(=O)c1cc2c(cc1N(C)C)CN(CC(=O)c1cc(CN(CC(=O)O)S(C)(=O)=O)c(O)c(C(C)(C)C)c1)C2=N. The van der Waals surface area contributed by atoms with Crippen molar-refractivity contribution in [2.45, 2.75) is 39.3 Å². The first-order chi connectivity index (χ1) is 18.8. The Kier molecular flexibility index (Phi) is 8.84. The monoisotopic (exact) mass is 587 g/mol. The molecule has 0 unspecified atom stereocenters. The summed E-state index contributed by atoms with van der Waals surface area (Å²) in [6.45, 7) is 4.31. The largest absolute Gasteiger partial charge is 0.507 e. The molecule has 222 valence electrons. The number of ketones is 1. The molecule has 12 nitrogen and oxygen atoms in total. The number of amides is 1. The predicted octanol–water partition coefficient (Wildman–Crippen LogP) is 1.99. The summed E-state index contributed by atoms with van der Waals surface area (Å²) in [7, 11) is 1.21. The van der Waals surface area contributed by atoms with Gasteiger partial charge in [0.25, 0.3) is 5.91 Å². The van der Waals surface area contributed by atoms with Crippen LogP contribution in [0.4, 0.5) is 5.69 Å². The molecule has 4 N–H and O–H groups in total. The molecular weight excluding hydrogens is 550 g/mol. The maximum Gasteiger partial charge on any atom is 0.318 e. The molecule has 0 aliphatic carbocycles. The number of carboxylic acid groups (broad SMARTS) is 1. The second kappa shape index (κ2) is 11.5. The summed E-state index contributed by atoms with van der Waals surface area (Å²) < 4.78 is 25.2. The van der Waals surface area contributed by atoms with E-state index in [0.717, 1.165) is 11.8 Å². The smallest absolute Gasteiger partial charge is 0.318 e. The van der Waals surface area contributed by atoms with Crippen molar-refractivity contribution in [3.05, 3.63) is 57.6 Å². The first kappa shape index (κ1) is 31.6. The molecule has 0 fully saturated rings. The normalized spacial score (nSPS) is 13.4. The molecule has 0 spiro atoms. The number of anilines is 1. The number of benzene rings is 2. The van der Waals surface area contributed by atoms with E-state index in [-0.39, 0.29) is 47.5 Å². The number of aromatic hydroxyl groups is 1. The van der Waals surface area contributed by atoms with Crippen LogP contribution in [0.15, 0.2) is 24.3 Å². The van der Waals surface area contributed by atoms with Crippen LogP contribution in [0.1, 0.15) is 63.7 Å². The molecule has 41 heavy (non-hydrogen) atoms. The molecule has 1 heterocycles. The number of aliphatic carboxylic acids is 1.